The number of thiocarbonyl (C=S) groups is 1. The van der Waals surface area contributed by atoms with Gasteiger partial charge in [0, 0.05) is 17.3 Å². The standard InChI is InChI=1S/C24H19F4N3O3S/c1-4-34-20(32)10-7-14-5-9-17(12-19(14)25)31-22(35)30(21(33)23(31,2)3)16-8-6-15(13-29)18(11-16)24(26,27)28/h5-12H,4H2,1-3H3/b10-7+. The summed E-state index contributed by atoms with van der Waals surface area (Å²) >= 11 is 5.43. The van der Waals surface area contributed by atoms with E-state index in [1.54, 1.807) is 6.92 Å². The minimum Gasteiger partial charge on any atom is -0.463 e. The average molecular weight is 505 g/mol. The lowest BCUT2D eigenvalue weighted by Crippen LogP contribution is -2.44. The molecule has 2 aromatic rings. The molecule has 2 aromatic carbocycles. The molecule has 0 aliphatic carbocycles. The van der Waals surface area contributed by atoms with Gasteiger partial charge in [0.2, 0.25) is 0 Å². The third-order valence-corrected chi connectivity index (χ3v) is 5.65. The summed E-state index contributed by atoms with van der Waals surface area (Å²) in [6.45, 7) is 4.80. The Balaban J connectivity index is 2.01. The fraction of sp³-hybridized carbons (Fsp3) is 0.250. The molecule has 0 bridgehead atoms. The lowest BCUT2D eigenvalue weighted by atomic mass is 10.0. The zero-order chi connectivity index (χ0) is 26.1. The van der Waals surface area contributed by atoms with Crippen molar-refractivity contribution in [1.82, 2.24) is 0 Å². The number of anilines is 2. The van der Waals surface area contributed by atoms with E-state index >= 15 is 0 Å². The predicted molar refractivity (Wildman–Crippen MR) is 125 cm³/mol. The highest BCUT2D eigenvalue weighted by Crippen LogP contribution is 2.40. The summed E-state index contributed by atoms with van der Waals surface area (Å²) in [6.07, 6.45) is -2.52. The Hall–Kier alpha value is -3.78. The molecule has 1 fully saturated rings. The van der Waals surface area contributed by atoms with Crippen LogP contribution in [-0.2, 0) is 20.5 Å². The summed E-state index contributed by atoms with van der Waals surface area (Å²) in [5.74, 6) is -1.99. The Kier molecular flexibility index (Phi) is 6.98. The highest BCUT2D eigenvalue weighted by atomic mass is 32.1. The van der Waals surface area contributed by atoms with Crippen LogP contribution in [0.5, 0.6) is 0 Å². The van der Waals surface area contributed by atoms with Crippen molar-refractivity contribution in [1.29, 1.82) is 5.26 Å². The maximum Gasteiger partial charge on any atom is 0.417 e. The minimum absolute atomic E-state index is 0.0785. The predicted octanol–water partition coefficient (Wildman–Crippen LogP) is 5.21. The van der Waals surface area contributed by atoms with E-state index in [4.69, 9.17) is 22.2 Å². The Labute approximate surface area is 204 Å². The molecule has 11 heteroatoms. The van der Waals surface area contributed by atoms with Gasteiger partial charge in [0.1, 0.15) is 11.4 Å². The quantitative estimate of drug-likeness (QED) is 0.241. The normalized spacial score (nSPS) is 15.6. The van der Waals surface area contributed by atoms with Gasteiger partial charge in [-0.3, -0.25) is 9.69 Å². The van der Waals surface area contributed by atoms with Crippen molar-refractivity contribution in [3.63, 3.8) is 0 Å². The minimum atomic E-state index is -4.82. The smallest absolute Gasteiger partial charge is 0.417 e. The largest absolute Gasteiger partial charge is 0.463 e. The van der Waals surface area contributed by atoms with E-state index < -0.39 is 40.5 Å². The molecule has 1 amide bonds. The highest BCUT2D eigenvalue weighted by Gasteiger charge is 2.50. The Morgan fingerprint density at radius 3 is 2.43 bits per heavy atom. The molecule has 0 radical (unpaired) electrons. The van der Waals surface area contributed by atoms with E-state index in [1.165, 1.54) is 49.1 Å². The van der Waals surface area contributed by atoms with Gasteiger partial charge in [0.15, 0.2) is 5.11 Å². The number of nitriles is 1. The lowest BCUT2D eigenvalue weighted by Gasteiger charge is -2.29. The number of benzene rings is 2. The summed E-state index contributed by atoms with van der Waals surface area (Å²) in [6, 6.07) is 8.28. The second kappa shape index (κ2) is 9.46. The van der Waals surface area contributed by atoms with Gasteiger partial charge in [-0.2, -0.15) is 18.4 Å². The highest BCUT2D eigenvalue weighted by molar-refractivity contribution is 7.81. The molecule has 1 heterocycles. The van der Waals surface area contributed by atoms with Crippen LogP contribution < -0.4 is 9.80 Å². The van der Waals surface area contributed by atoms with Crippen LogP contribution in [0.3, 0.4) is 0 Å². The first kappa shape index (κ1) is 25.8. The lowest BCUT2D eigenvalue weighted by molar-refractivity contribution is -0.138. The number of rotatable bonds is 5. The van der Waals surface area contributed by atoms with Crippen LogP contribution in [0.4, 0.5) is 28.9 Å². The van der Waals surface area contributed by atoms with Crippen molar-refractivity contribution in [2.45, 2.75) is 32.5 Å². The van der Waals surface area contributed by atoms with E-state index in [0.717, 1.165) is 23.1 Å². The molecular weight excluding hydrogens is 486 g/mol. The molecule has 1 aliphatic heterocycles. The molecule has 182 valence electrons. The van der Waals surface area contributed by atoms with Gasteiger partial charge in [0.25, 0.3) is 5.91 Å². The van der Waals surface area contributed by atoms with Gasteiger partial charge in [-0.05, 0) is 75.5 Å². The van der Waals surface area contributed by atoms with Gasteiger partial charge in [-0.15, -0.1) is 0 Å². The molecular formula is C24H19F4N3O3S. The van der Waals surface area contributed by atoms with Gasteiger partial charge >= 0.3 is 12.1 Å². The summed E-state index contributed by atoms with van der Waals surface area (Å²) in [4.78, 5) is 27.0. The van der Waals surface area contributed by atoms with Crippen LogP contribution in [0.25, 0.3) is 6.08 Å². The number of hydrogen-bond donors (Lipinski definition) is 0. The van der Waals surface area contributed by atoms with Crippen LogP contribution in [0, 0.1) is 17.1 Å². The number of alkyl halides is 3. The second-order valence-corrected chi connectivity index (χ2v) is 8.31. The third kappa shape index (κ3) is 4.88. The molecule has 0 N–H and O–H groups in total. The van der Waals surface area contributed by atoms with E-state index in [9.17, 15) is 27.2 Å². The van der Waals surface area contributed by atoms with Crippen molar-refractivity contribution in [3.8, 4) is 6.07 Å². The summed E-state index contributed by atoms with van der Waals surface area (Å²) in [5.41, 5.74) is -3.06. The number of ether oxygens (including phenoxy) is 1. The summed E-state index contributed by atoms with van der Waals surface area (Å²) in [7, 11) is 0. The van der Waals surface area contributed by atoms with E-state index in [1.807, 2.05) is 0 Å². The van der Waals surface area contributed by atoms with Crippen molar-refractivity contribution in [3.05, 3.63) is 65.0 Å². The molecule has 0 aromatic heterocycles. The van der Waals surface area contributed by atoms with Crippen LogP contribution in [0.15, 0.2) is 42.5 Å². The van der Waals surface area contributed by atoms with Crippen LogP contribution in [0.2, 0.25) is 0 Å². The van der Waals surface area contributed by atoms with Gasteiger partial charge in [0.05, 0.1) is 29.5 Å². The first-order valence-corrected chi connectivity index (χ1v) is 10.7. The Bertz CT molecular complexity index is 1280. The number of nitrogens with zero attached hydrogens (tertiary/aromatic N) is 3. The topological polar surface area (TPSA) is 73.6 Å². The first-order valence-electron chi connectivity index (χ1n) is 10.3. The Morgan fingerprint density at radius 1 is 1.20 bits per heavy atom. The zero-order valence-corrected chi connectivity index (χ0v) is 19.6. The zero-order valence-electron chi connectivity index (χ0n) is 18.8. The second-order valence-electron chi connectivity index (χ2n) is 7.95. The number of carbonyl (C=O) groups is 2. The Morgan fingerprint density at radius 2 is 1.86 bits per heavy atom. The molecule has 3 rings (SSSR count). The van der Waals surface area contributed by atoms with E-state index in [-0.39, 0.29) is 28.7 Å². The van der Waals surface area contributed by atoms with Crippen LogP contribution in [0.1, 0.15) is 37.5 Å². The summed E-state index contributed by atoms with van der Waals surface area (Å²) in [5, 5.41) is 8.87. The van der Waals surface area contributed by atoms with Gasteiger partial charge in [-0.1, -0.05) is 0 Å². The molecule has 6 nitrogen and oxygen atoms in total. The fourth-order valence-electron chi connectivity index (χ4n) is 3.60. The van der Waals surface area contributed by atoms with Crippen LogP contribution in [-0.4, -0.2) is 29.1 Å². The van der Waals surface area contributed by atoms with Gasteiger partial charge < -0.3 is 9.64 Å². The number of halogens is 4. The molecule has 1 aliphatic rings. The van der Waals surface area contributed by atoms with Crippen molar-refractivity contribution >= 4 is 46.7 Å². The maximum absolute atomic E-state index is 14.8. The molecule has 0 unspecified atom stereocenters. The molecule has 1 saturated heterocycles. The molecule has 0 atom stereocenters. The van der Waals surface area contributed by atoms with Gasteiger partial charge in [-0.25, -0.2) is 9.18 Å². The van der Waals surface area contributed by atoms with Crippen molar-refractivity contribution < 1.29 is 31.9 Å². The first-order chi connectivity index (χ1) is 16.3. The van der Waals surface area contributed by atoms with E-state index in [0.29, 0.717) is 6.07 Å². The third-order valence-electron chi connectivity index (χ3n) is 5.28. The number of esters is 1. The average Bonchev–Trinajstić information content (AvgIpc) is 2.95. The fourth-order valence-corrected chi connectivity index (χ4v) is 4.12. The maximum atomic E-state index is 14.8. The number of amides is 1. The molecule has 0 spiro atoms. The SMILES string of the molecule is CCOC(=O)/C=C/c1ccc(N2C(=S)N(c3ccc(C#N)c(C(F)(F)F)c3)C(=O)C2(C)C)cc1F. The molecule has 35 heavy (non-hydrogen) atoms. The van der Waals surface area contributed by atoms with Crippen molar-refractivity contribution in [2.24, 2.45) is 0 Å². The van der Waals surface area contributed by atoms with Crippen LogP contribution >= 0.6 is 12.2 Å². The monoisotopic (exact) mass is 505 g/mol. The van der Waals surface area contributed by atoms with Crippen molar-refractivity contribution in [2.75, 3.05) is 16.4 Å². The molecule has 0 saturated carbocycles. The number of hydrogen-bond acceptors (Lipinski definition) is 5. The summed E-state index contributed by atoms with van der Waals surface area (Å²) < 4.78 is 59.9. The van der Waals surface area contributed by atoms with E-state index in [2.05, 4.69) is 0 Å². The number of carbonyl (C=O) groups excluding carboxylic acids is 2.